The van der Waals surface area contributed by atoms with Crippen LogP contribution in [0.2, 0.25) is 13.1 Å². The highest BCUT2D eigenvalue weighted by Crippen LogP contribution is 2.17. The zero-order valence-corrected chi connectivity index (χ0v) is 14.5. The van der Waals surface area contributed by atoms with E-state index in [1.165, 1.54) is 0 Å². The molecule has 0 heterocycles. The summed E-state index contributed by atoms with van der Waals surface area (Å²) in [5.74, 6) is 0.126. The molecule has 0 radical (unpaired) electrons. The first-order chi connectivity index (χ1) is 10.6. The minimum Gasteiger partial charge on any atom is -0.300 e. The van der Waals surface area contributed by atoms with Gasteiger partial charge in [0.25, 0.3) is 0 Å². The lowest BCUT2D eigenvalue weighted by Gasteiger charge is -2.24. The Kier molecular flexibility index (Phi) is 5.66. The zero-order chi connectivity index (χ0) is 15.9. The third-order valence-corrected chi connectivity index (χ3v) is 4.65. The van der Waals surface area contributed by atoms with Gasteiger partial charge in [-0.3, -0.25) is 9.47 Å². The van der Waals surface area contributed by atoms with Crippen LogP contribution in [-0.2, 0) is 4.79 Å². The molecule has 2 aromatic carbocycles. The first-order valence-corrected chi connectivity index (χ1v) is 10.4. The molecule has 0 aliphatic rings. The molecule has 22 heavy (non-hydrogen) atoms. The molecule has 2 rings (SSSR count). The summed E-state index contributed by atoms with van der Waals surface area (Å²) in [4.78, 5) is 11.6. The van der Waals surface area contributed by atoms with E-state index in [0.717, 1.165) is 17.0 Å². The number of ketones is 1. The lowest BCUT2D eigenvalue weighted by Crippen LogP contribution is -2.31. The molecule has 0 unspecified atom stereocenters. The second-order valence-corrected chi connectivity index (χ2v) is 8.24. The van der Waals surface area contributed by atoms with Crippen molar-refractivity contribution in [3.05, 3.63) is 66.2 Å². The Bertz CT molecular complexity index is 639. The number of rotatable bonds is 6. The van der Waals surface area contributed by atoms with Gasteiger partial charge in [0.2, 0.25) is 0 Å². The molecule has 0 spiro atoms. The summed E-state index contributed by atoms with van der Waals surface area (Å²) in [7, 11) is -1.20. The highest BCUT2D eigenvalue weighted by Gasteiger charge is 2.14. The highest BCUT2D eigenvalue weighted by molar-refractivity contribution is 6.60. The summed E-state index contributed by atoms with van der Waals surface area (Å²) < 4.78 is 2.10. The molecule has 0 aromatic heterocycles. The molecule has 0 atom stereocenters. The lowest BCUT2D eigenvalue weighted by molar-refractivity contribution is -0.115. The van der Waals surface area contributed by atoms with Gasteiger partial charge in [-0.05, 0) is 24.6 Å². The third-order valence-electron chi connectivity index (χ3n) is 3.26. The molecule has 0 N–H and O–H groups in total. The number of anilines is 1. The first-order valence-electron chi connectivity index (χ1n) is 7.54. The number of Topliss-reactive ketones (excluding diaryl/α,β-unsaturated/α-hetero) is 1. The van der Waals surface area contributed by atoms with Crippen LogP contribution in [-0.4, -0.2) is 20.5 Å². The van der Waals surface area contributed by atoms with Crippen molar-refractivity contribution in [2.75, 3.05) is 4.67 Å². The van der Waals surface area contributed by atoms with Crippen LogP contribution in [0.4, 0.5) is 5.69 Å². The molecule has 0 bridgehead atoms. The molecule has 2 aromatic rings. The molecule has 4 heteroatoms. The molecule has 0 aliphatic carbocycles. The van der Waals surface area contributed by atoms with Gasteiger partial charge in [0.1, 0.15) is 5.78 Å². The molecule has 114 valence electrons. The van der Waals surface area contributed by atoms with Crippen LogP contribution < -0.4 is 4.67 Å². The highest BCUT2D eigenvalue weighted by atomic mass is 28.3. The predicted molar refractivity (Wildman–Crippen MR) is 96.1 cm³/mol. The number of benzene rings is 2. The van der Waals surface area contributed by atoms with Crippen LogP contribution in [0.15, 0.2) is 65.8 Å². The first kappa shape index (κ1) is 16.2. The number of hydrogen-bond acceptors (Lipinski definition) is 3. The van der Waals surface area contributed by atoms with Crippen molar-refractivity contribution >= 4 is 26.1 Å². The largest absolute Gasteiger partial charge is 0.300 e. The van der Waals surface area contributed by atoms with Gasteiger partial charge in [0, 0.05) is 5.69 Å². The molecule has 0 saturated heterocycles. The second-order valence-electron chi connectivity index (χ2n) is 5.57. The number of carbonyl (C=O) groups is 1. The fourth-order valence-electron chi connectivity index (χ4n) is 2.24. The normalized spacial score (nSPS) is 11.5. The summed E-state index contributed by atoms with van der Waals surface area (Å²) in [6, 6.07) is 20.1. The fraction of sp³-hybridized carbons (Fsp3) is 0.222. The van der Waals surface area contributed by atoms with E-state index >= 15 is 0 Å². The number of para-hydroxylation sites is 1. The van der Waals surface area contributed by atoms with Crippen LogP contribution in [0.3, 0.4) is 0 Å². The van der Waals surface area contributed by atoms with Crippen LogP contribution in [0.5, 0.6) is 0 Å². The Labute approximate surface area is 134 Å². The lowest BCUT2D eigenvalue weighted by atomic mass is 10.1. The van der Waals surface area contributed by atoms with Crippen LogP contribution in [0, 0.1) is 0 Å². The summed E-state index contributed by atoms with van der Waals surface area (Å²) in [6.07, 6.45) is 0.356. The Balaban J connectivity index is 2.43. The smallest absolute Gasteiger partial charge is 0.164 e. The number of hydrogen-bond donors (Lipinski definition) is 0. The van der Waals surface area contributed by atoms with Gasteiger partial charge in [-0.25, -0.2) is 0 Å². The molecule has 0 amide bonds. The van der Waals surface area contributed by atoms with Gasteiger partial charge in [0.15, 0.2) is 8.96 Å². The Morgan fingerprint density at radius 1 is 1.00 bits per heavy atom. The predicted octanol–water partition coefficient (Wildman–Crippen LogP) is 3.86. The maximum Gasteiger partial charge on any atom is 0.164 e. The maximum absolute atomic E-state index is 11.6. The fourth-order valence-corrected chi connectivity index (χ4v) is 3.38. The van der Waals surface area contributed by atoms with Gasteiger partial charge in [0.05, 0.1) is 12.1 Å². The zero-order valence-electron chi connectivity index (χ0n) is 13.4. The van der Waals surface area contributed by atoms with Crippen LogP contribution >= 0.6 is 0 Å². The molecule has 3 nitrogen and oxygen atoms in total. The molecule has 0 saturated carbocycles. The summed E-state index contributed by atoms with van der Waals surface area (Å²) in [5.41, 5.74) is 2.92. The van der Waals surface area contributed by atoms with Gasteiger partial charge in [-0.2, -0.15) is 5.10 Å². The van der Waals surface area contributed by atoms with Gasteiger partial charge >= 0.3 is 0 Å². The average molecular weight is 310 g/mol. The van der Waals surface area contributed by atoms with Crippen molar-refractivity contribution in [1.29, 1.82) is 0 Å². The van der Waals surface area contributed by atoms with E-state index in [-0.39, 0.29) is 5.78 Å². The third kappa shape index (κ3) is 4.40. The Morgan fingerprint density at radius 3 is 2.05 bits per heavy atom. The van der Waals surface area contributed by atoms with E-state index in [4.69, 9.17) is 5.10 Å². The van der Waals surface area contributed by atoms with Gasteiger partial charge in [-0.1, -0.05) is 61.6 Å². The van der Waals surface area contributed by atoms with E-state index in [9.17, 15) is 4.79 Å². The number of hydrazone groups is 1. The monoisotopic (exact) mass is 310 g/mol. The van der Waals surface area contributed by atoms with Crippen LogP contribution in [0.25, 0.3) is 0 Å². The molecular weight excluding hydrogens is 288 g/mol. The van der Waals surface area contributed by atoms with E-state index in [2.05, 4.69) is 29.9 Å². The van der Waals surface area contributed by atoms with Gasteiger partial charge < -0.3 is 0 Å². The number of nitrogens with zero attached hydrogens (tertiary/aromatic N) is 2. The average Bonchev–Trinajstić information content (AvgIpc) is 2.52. The second kappa shape index (κ2) is 7.71. The standard InChI is InChI=1S/C18H22N2OSi/c1-15(21)14-18(16-10-6-4-7-11-16)19-20(22(2)3)17-12-8-5-9-13-17/h4-13,22H,14H2,1-3H3. The summed E-state index contributed by atoms with van der Waals surface area (Å²) in [6.45, 7) is 6.07. The summed E-state index contributed by atoms with van der Waals surface area (Å²) in [5, 5.41) is 4.85. The van der Waals surface area contributed by atoms with Crippen molar-refractivity contribution in [3.63, 3.8) is 0 Å². The SMILES string of the molecule is CC(=O)CC(=NN(c1ccccc1)[SiH](C)C)c1ccccc1. The van der Waals surface area contributed by atoms with Crippen molar-refractivity contribution in [3.8, 4) is 0 Å². The molecule has 0 fully saturated rings. The quantitative estimate of drug-likeness (QED) is 0.461. The Hall–Kier alpha value is -2.20. The minimum absolute atomic E-state index is 0.126. The topological polar surface area (TPSA) is 32.7 Å². The van der Waals surface area contributed by atoms with Crippen LogP contribution in [0.1, 0.15) is 18.9 Å². The van der Waals surface area contributed by atoms with E-state index in [1.807, 2.05) is 48.5 Å². The number of carbonyl (C=O) groups excluding carboxylic acids is 1. The molecular formula is C18H22N2OSi. The summed E-state index contributed by atoms with van der Waals surface area (Å²) >= 11 is 0. The van der Waals surface area contributed by atoms with E-state index in [1.54, 1.807) is 6.92 Å². The molecule has 0 aliphatic heterocycles. The Morgan fingerprint density at radius 2 is 1.55 bits per heavy atom. The van der Waals surface area contributed by atoms with Crippen molar-refractivity contribution in [2.24, 2.45) is 5.10 Å². The van der Waals surface area contributed by atoms with E-state index < -0.39 is 8.96 Å². The van der Waals surface area contributed by atoms with Crippen molar-refractivity contribution < 1.29 is 4.79 Å². The minimum atomic E-state index is -1.20. The maximum atomic E-state index is 11.6. The van der Waals surface area contributed by atoms with E-state index in [0.29, 0.717) is 6.42 Å². The van der Waals surface area contributed by atoms with Crippen molar-refractivity contribution in [2.45, 2.75) is 26.4 Å². The van der Waals surface area contributed by atoms with Crippen molar-refractivity contribution in [1.82, 2.24) is 0 Å². The van der Waals surface area contributed by atoms with Gasteiger partial charge in [-0.15, -0.1) is 0 Å².